The van der Waals surface area contributed by atoms with Crippen molar-refractivity contribution in [2.75, 3.05) is 6.54 Å². The van der Waals surface area contributed by atoms with Gasteiger partial charge in [-0.05, 0) is 56.0 Å². The molecule has 0 saturated carbocycles. The van der Waals surface area contributed by atoms with Gasteiger partial charge in [0.1, 0.15) is 11.7 Å². The molecule has 0 aliphatic carbocycles. The van der Waals surface area contributed by atoms with Gasteiger partial charge in [0.25, 0.3) is 5.56 Å². The van der Waals surface area contributed by atoms with E-state index in [0.717, 1.165) is 29.3 Å². The van der Waals surface area contributed by atoms with E-state index in [9.17, 15) is 4.79 Å². The molecule has 0 amide bonds. The van der Waals surface area contributed by atoms with Crippen molar-refractivity contribution in [1.82, 2.24) is 14.5 Å². The number of aryl methyl sites for hydroxylation is 1. The van der Waals surface area contributed by atoms with Crippen LogP contribution >= 0.6 is 11.6 Å². The summed E-state index contributed by atoms with van der Waals surface area (Å²) in [4.78, 5) is 26.6. The molecule has 5 nitrogen and oxygen atoms in total. The van der Waals surface area contributed by atoms with Crippen molar-refractivity contribution in [3.8, 4) is 0 Å². The molecule has 2 heterocycles. The Balaban J connectivity index is 1.74. The molecule has 4 aromatic rings. The lowest BCUT2D eigenvalue weighted by atomic mass is 9.97. The summed E-state index contributed by atoms with van der Waals surface area (Å²) in [6, 6.07) is 23.6. The Hall–Kier alpha value is -3.44. The molecule has 0 spiro atoms. The molecule has 0 fully saturated rings. The van der Waals surface area contributed by atoms with Crippen molar-refractivity contribution in [1.29, 1.82) is 0 Å². The zero-order valence-electron chi connectivity index (χ0n) is 22.1. The zero-order chi connectivity index (χ0) is 26.3. The van der Waals surface area contributed by atoms with Crippen molar-refractivity contribution in [2.45, 2.75) is 52.7 Å². The van der Waals surface area contributed by atoms with E-state index in [-0.39, 0.29) is 23.1 Å². The molecule has 1 unspecified atom stereocenters. The lowest BCUT2D eigenvalue weighted by molar-refractivity contribution is 0.225. The number of hydrogen-bond acceptors (Lipinski definition) is 4. The van der Waals surface area contributed by atoms with Crippen LogP contribution in [0.3, 0.4) is 0 Å². The van der Waals surface area contributed by atoms with E-state index in [0.29, 0.717) is 22.5 Å². The minimum Gasteiger partial charge on any atom is -0.344 e. The molecule has 0 N–H and O–H groups in total. The van der Waals surface area contributed by atoms with Gasteiger partial charge in [0.2, 0.25) is 0 Å². The first-order valence-corrected chi connectivity index (χ1v) is 13.2. The second-order valence-corrected chi connectivity index (χ2v) is 11.3. The fourth-order valence-electron chi connectivity index (χ4n) is 5.30. The first-order chi connectivity index (χ1) is 17.6. The molecule has 5 rings (SSSR count). The monoisotopic (exact) mass is 512 g/mol. The fourth-order valence-corrected chi connectivity index (χ4v) is 5.47. The SMILES string of the molecule is Cc1ccccc1C1=NC(C)(C)CN1C(c1nc2cc(Cl)ccc2c(=O)n1Cc1ccccc1)C(C)C. The van der Waals surface area contributed by atoms with Gasteiger partial charge in [0, 0.05) is 17.1 Å². The molecule has 1 atom stereocenters. The van der Waals surface area contributed by atoms with E-state index >= 15 is 0 Å². The minimum absolute atomic E-state index is 0.0565. The summed E-state index contributed by atoms with van der Waals surface area (Å²) in [5, 5.41) is 1.14. The van der Waals surface area contributed by atoms with Crippen LogP contribution in [0, 0.1) is 12.8 Å². The smallest absolute Gasteiger partial charge is 0.261 e. The van der Waals surface area contributed by atoms with Crippen LogP contribution in [-0.2, 0) is 6.54 Å². The van der Waals surface area contributed by atoms with Crippen LogP contribution in [0.2, 0.25) is 5.02 Å². The highest BCUT2D eigenvalue weighted by Gasteiger charge is 2.40. The maximum absolute atomic E-state index is 14.0. The molecule has 1 aliphatic rings. The van der Waals surface area contributed by atoms with Crippen LogP contribution < -0.4 is 5.56 Å². The maximum Gasteiger partial charge on any atom is 0.261 e. The molecule has 0 bridgehead atoms. The third-order valence-electron chi connectivity index (χ3n) is 6.99. The van der Waals surface area contributed by atoms with E-state index in [2.05, 4.69) is 63.8 Å². The average Bonchev–Trinajstić information content (AvgIpc) is 3.16. The summed E-state index contributed by atoms with van der Waals surface area (Å²) in [6.07, 6.45) is 0. The average molecular weight is 513 g/mol. The summed E-state index contributed by atoms with van der Waals surface area (Å²) in [7, 11) is 0. The molecular weight excluding hydrogens is 480 g/mol. The van der Waals surface area contributed by atoms with Gasteiger partial charge in [-0.2, -0.15) is 0 Å². The predicted molar refractivity (Wildman–Crippen MR) is 153 cm³/mol. The summed E-state index contributed by atoms with van der Waals surface area (Å²) in [6.45, 7) is 12.0. The van der Waals surface area contributed by atoms with Crippen LogP contribution in [0.15, 0.2) is 82.6 Å². The van der Waals surface area contributed by atoms with Gasteiger partial charge in [0.05, 0.1) is 29.0 Å². The van der Waals surface area contributed by atoms with Gasteiger partial charge in [-0.3, -0.25) is 14.4 Å². The molecule has 37 heavy (non-hydrogen) atoms. The first-order valence-electron chi connectivity index (χ1n) is 12.8. The van der Waals surface area contributed by atoms with Crippen LogP contribution in [0.5, 0.6) is 0 Å². The molecule has 1 aromatic heterocycles. The van der Waals surface area contributed by atoms with Crippen LogP contribution in [0.25, 0.3) is 10.9 Å². The van der Waals surface area contributed by atoms with Crippen molar-refractivity contribution < 1.29 is 0 Å². The number of aliphatic imine (C=N–C) groups is 1. The van der Waals surface area contributed by atoms with E-state index < -0.39 is 0 Å². The van der Waals surface area contributed by atoms with Crippen LogP contribution in [0.4, 0.5) is 0 Å². The highest BCUT2D eigenvalue weighted by molar-refractivity contribution is 6.31. The molecular formula is C31H33ClN4O. The van der Waals surface area contributed by atoms with Crippen LogP contribution in [-0.4, -0.2) is 32.4 Å². The van der Waals surface area contributed by atoms with Crippen molar-refractivity contribution in [3.05, 3.63) is 111 Å². The third kappa shape index (κ3) is 4.93. The number of aromatic nitrogens is 2. The topological polar surface area (TPSA) is 50.5 Å². The first kappa shape index (κ1) is 25.2. The van der Waals surface area contributed by atoms with E-state index in [1.165, 1.54) is 5.56 Å². The fraction of sp³-hybridized carbons (Fsp3) is 0.323. The third-order valence-corrected chi connectivity index (χ3v) is 7.22. The standard InChI is InChI=1S/C31H33ClN4O/c1-20(2)27(36-19-31(4,5)34-28(36)24-14-10-9-11-21(24)3)29-33-26-17-23(32)15-16-25(26)30(37)35(29)18-22-12-7-6-8-13-22/h6-17,20,27H,18-19H2,1-5H3. The lowest BCUT2D eigenvalue weighted by Crippen LogP contribution is -2.42. The summed E-state index contributed by atoms with van der Waals surface area (Å²) >= 11 is 6.34. The number of amidine groups is 1. The minimum atomic E-state index is -0.268. The summed E-state index contributed by atoms with van der Waals surface area (Å²) in [5.41, 5.74) is 3.63. The number of fused-ring (bicyclic) bond motifs is 1. The molecule has 0 radical (unpaired) electrons. The van der Waals surface area contributed by atoms with Crippen molar-refractivity contribution in [2.24, 2.45) is 10.9 Å². The van der Waals surface area contributed by atoms with E-state index in [1.54, 1.807) is 18.2 Å². The van der Waals surface area contributed by atoms with Gasteiger partial charge >= 0.3 is 0 Å². The van der Waals surface area contributed by atoms with Gasteiger partial charge < -0.3 is 4.90 Å². The number of nitrogens with zero attached hydrogens (tertiary/aromatic N) is 4. The summed E-state index contributed by atoms with van der Waals surface area (Å²) in [5.74, 6) is 1.85. The largest absolute Gasteiger partial charge is 0.344 e. The maximum atomic E-state index is 14.0. The van der Waals surface area contributed by atoms with Gasteiger partial charge in [0.15, 0.2) is 0 Å². The molecule has 6 heteroatoms. The highest BCUT2D eigenvalue weighted by Crippen LogP contribution is 2.36. The Morgan fingerprint density at radius 2 is 1.70 bits per heavy atom. The summed E-state index contributed by atoms with van der Waals surface area (Å²) < 4.78 is 1.84. The quantitative estimate of drug-likeness (QED) is 0.291. The van der Waals surface area contributed by atoms with Gasteiger partial charge in [-0.25, -0.2) is 4.98 Å². The Morgan fingerprint density at radius 1 is 1.00 bits per heavy atom. The van der Waals surface area contributed by atoms with Crippen molar-refractivity contribution >= 4 is 28.3 Å². The Labute approximate surface area is 223 Å². The molecule has 1 aliphatic heterocycles. The number of benzene rings is 3. The predicted octanol–water partition coefficient (Wildman–Crippen LogP) is 6.64. The molecule has 0 saturated heterocycles. The second-order valence-electron chi connectivity index (χ2n) is 10.9. The van der Waals surface area contributed by atoms with Gasteiger partial charge in [-0.15, -0.1) is 0 Å². The highest BCUT2D eigenvalue weighted by atomic mass is 35.5. The zero-order valence-corrected chi connectivity index (χ0v) is 22.8. The normalized spacial score (nSPS) is 15.9. The Morgan fingerprint density at radius 3 is 2.41 bits per heavy atom. The Kier molecular flexibility index (Phi) is 6.67. The number of rotatable bonds is 6. The number of halogens is 1. The number of hydrogen-bond donors (Lipinski definition) is 0. The van der Waals surface area contributed by atoms with Crippen molar-refractivity contribution in [3.63, 3.8) is 0 Å². The van der Waals surface area contributed by atoms with E-state index in [4.69, 9.17) is 21.6 Å². The molecule has 3 aromatic carbocycles. The van der Waals surface area contributed by atoms with Gasteiger partial charge in [-0.1, -0.05) is 80.0 Å². The molecule has 190 valence electrons. The lowest BCUT2D eigenvalue weighted by Gasteiger charge is -2.36. The Bertz CT molecular complexity index is 1540. The second kappa shape index (κ2) is 9.79. The van der Waals surface area contributed by atoms with Crippen LogP contribution in [0.1, 0.15) is 56.3 Å². The van der Waals surface area contributed by atoms with E-state index in [1.807, 2.05) is 34.9 Å².